The fraction of sp³-hybridized carbons (Fsp3) is 0.455. The summed E-state index contributed by atoms with van der Waals surface area (Å²) in [5.74, 6) is 0. The monoisotopic (exact) mass is 478 g/mol. The Bertz CT molecular complexity index is 455. The topological polar surface area (TPSA) is 18.5 Å². The molecule has 1 aromatic rings. The molecule has 0 radical (unpaired) electrons. The van der Waals surface area contributed by atoms with Gasteiger partial charge >= 0.3 is 0 Å². The first-order valence-corrected chi connectivity index (χ1v) is 11.6. The van der Waals surface area contributed by atoms with Crippen LogP contribution in [0.3, 0.4) is 0 Å². The van der Waals surface area contributed by atoms with Crippen molar-refractivity contribution in [3.05, 3.63) is 28.2 Å². The molecule has 0 aliphatic heterocycles. The fourth-order valence-corrected chi connectivity index (χ4v) is 8.71. The summed E-state index contributed by atoms with van der Waals surface area (Å²) < 4.78 is 11.1. The largest absolute Gasteiger partial charge is 0.322 e. The summed E-state index contributed by atoms with van der Waals surface area (Å²) in [4.78, 5) is 0.941. The summed E-state index contributed by atoms with van der Waals surface area (Å²) in [6.07, 6.45) is 0. The zero-order valence-corrected chi connectivity index (χ0v) is 17.5. The van der Waals surface area contributed by atoms with Crippen molar-refractivity contribution in [2.45, 2.75) is 18.7 Å². The molecule has 0 saturated heterocycles. The Kier molecular flexibility index (Phi) is 12.2. The van der Waals surface area contributed by atoms with Gasteiger partial charge in [0.25, 0.3) is 0 Å². The average molecular weight is 478 g/mol. The maximum Gasteiger partial charge on any atom is 0.248 e. The zero-order valence-electron chi connectivity index (χ0n) is 11.0. The predicted molar refractivity (Wildman–Crippen MR) is 92.3 cm³/mol. The van der Waals surface area contributed by atoms with Crippen molar-refractivity contribution in [1.29, 1.82) is 0 Å². The summed E-state index contributed by atoms with van der Waals surface area (Å²) in [6, 6.07) is 5.41. The molecule has 0 unspecified atom stereocenters. The molecule has 1 aromatic carbocycles. The van der Waals surface area contributed by atoms with Crippen LogP contribution in [0.5, 0.6) is 0 Å². The van der Waals surface area contributed by atoms with Crippen LogP contribution in [-0.4, -0.2) is 18.3 Å². The van der Waals surface area contributed by atoms with E-state index >= 15 is 0 Å². The van der Waals surface area contributed by atoms with Gasteiger partial charge in [0, 0.05) is 29.4 Å². The van der Waals surface area contributed by atoms with Gasteiger partial charge in [-0.3, -0.25) is 0 Å². The third-order valence-electron chi connectivity index (χ3n) is 1.89. The molecular weight excluding hydrogens is 463 g/mol. The van der Waals surface area contributed by atoms with Gasteiger partial charge in [0.15, 0.2) is 0 Å². The van der Waals surface area contributed by atoms with E-state index in [1.807, 2.05) is 19.9 Å². The molecule has 0 aromatic heterocycles. The van der Waals surface area contributed by atoms with Gasteiger partial charge in [0.2, 0.25) is 5.69 Å². The zero-order chi connectivity index (χ0) is 14.3. The van der Waals surface area contributed by atoms with Crippen molar-refractivity contribution in [3.63, 3.8) is 0 Å². The second kappa shape index (κ2) is 11.3. The molecule has 0 atom stereocenters. The van der Waals surface area contributed by atoms with E-state index in [4.69, 9.17) is 44.1 Å². The van der Waals surface area contributed by atoms with E-state index in [0.717, 1.165) is 9.98 Å². The van der Waals surface area contributed by atoms with Crippen molar-refractivity contribution in [1.82, 2.24) is 0 Å². The Morgan fingerprint density at radius 2 is 1.80 bits per heavy atom. The molecule has 0 heterocycles. The molecule has 1 rings (SSSR count). The van der Waals surface area contributed by atoms with E-state index in [0.29, 0.717) is 23.3 Å². The third-order valence-corrected chi connectivity index (χ3v) is 9.69. The Labute approximate surface area is 156 Å². The quantitative estimate of drug-likeness (QED) is 0.195. The van der Waals surface area contributed by atoms with Crippen LogP contribution < -0.4 is 0 Å². The van der Waals surface area contributed by atoms with E-state index < -0.39 is 5.69 Å². The van der Waals surface area contributed by atoms with Crippen LogP contribution in [0.4, 0.5) is 0 Å². The Morgan fingerprint density at radius 3 is 2.35 bits per heavy atom. The van der Waals surface area contributed by atoms with Gasteiger partial charge < -0.3 is 9.05 Å². The second-order valence-corrected chi connectivity index (χ2v) is 11.8. The number of thioether (sulfide) groups is 1. The summed E-state index contributed by atoms with van der Waals surface area (Å²) in [5, 5.41) is 2.08. The number of hydrogen-bond acceptors (Lipinski definition) is 5. The van der Waals surface area contributed by atoms with Gasteiger partial charge in [0.05, 0.1) is 23.3 Å². The van der Waals surface area contributed by atoms with Crippen LogP contribution in [0.25, 0.3) is 0 Å². The van der Waals surface area contributed by atoms with Gasteiger partial charge in [-0.1, -0.05) is 34.6 Å². The predicted octanol–water partition coefficient (Wildman–Crippen LogP) is 6.07. The van der Waals surface area contributed by atoms with Crippen molar-refractivity contribution in [2.75, 3.05) is 18.3 Å². The average Bonchev–Trinajstić information content (AvgIpc) is 2.34. The second-order valence-electron chi connectivity index (χ2n) is 3.25. The van der Waals surface area contributed by atoms with E-state index in [1.165, 1.54) is 11.4 Å². The van der Waals surface area contributed by atoms with E-state index in [9.17, 15) is 0 Å². The van der Waals surface area contributed by atoms with E-state index in [1.54, 1.807) is 23.9 Å². The van der Waals surface area contributed by atoms with Gasteiger partial charge in [-0.15, -0.1) is 11.8 Å². The molecule has 9 heteroatoms. The molecule has 2 nitrogen and oxygen atoms in total. The smallest absolute Gasteiger partial charge is 0.248 e. The minimum absolute atomic E-state index is 0. The van der Waals surface area contributed by atoms with Crippen molar-refractivity contribution < 1.29 is 28.5 Å². The summed E-state index contributed by atoms with van der Waals surface area (Å²) >= 11 is 20.6. The summed E-state index contributed by atoms with van der Waals surface area (Å²) in [5.41, 5.74) is -2.23. The first kappa shape index (κ1) is 21.7. The molecule has 0 bridgehead atoms. The molecule has 20 heavy (non-hydrogen) atoms. The van der Waals surface area contributed by atoms with Crippen LogP contribution in [0, 0.1) is 0 Å². The number of rotatable bonds is 8. The minimum Gasteiger partial charge on any atom is -0.322 e. The Balaban J connectivity index is 0.00000361. The van der Waals surface area contributed by atoms with Crippen molar-refractivity contribution >= 4 is 63.8 Å². The van der Waals surface area contributed by atoms with Gasteiger partial charge in [-0.2, -0.15) is 0 Å². The molecule has 0 saturated carbocycles. The Morgan fingerprint density at radius 1 is 1.20 bits per heavy atom. The van der Waals surface area contributed by atoms with Crippen molar-refractivity contribution in [2.24, 2.45) is 0 Å². The standard InChI is InChI=1S/C11H15Cl2O2PS3.Ru/c1-3-14-16(17,15-4-2)19-8-18-11-7-9(12)5-6-10(11)13;/h5-7H,3-4,8H2,1-2H3;. The van der Waals surface area contributed by atoms with Crippen LogP contribution in [0.1, 0.15) is 13.8 Å². The molecule has 0 aliphatic rings. The number of benzene rings is 1. The van der Waals surface area contributed by atoms with Crippen LogP contribution >= 0.6 is 52.0 Å². The fourth-order valence-electron chi connectivity index (χ4n) is 1.17. The van der Waals surface area contributed by atoms with Crippen molar-refractivity contribution in [3.8, 4) is 0 Å². The number of halogens is 2. The number of hydrogen-bond donors (Lipinski definition) is 0. The first-order chi connectivity index (χ1) is 9.00. The summed E-state index contributed by atoms with van der Waals surface area (Å²) in [7, 11) is 0. The molecular formula is C11H15Cl2O2PRuS3. The maximum absolute atomic E-state index is 6.10. The molecule has 0 amide bonds. The molecule has 0 fully saturated rings. The van der Waals surface area contributed by atoms with Crippen LogP contribution in [0.2, 0.25) is 10.0 Å². The van der Waals surface area contributed by atoms with Gasteiger partial charge in [-0.25, -0.2) is 0 Å². The van der Waals surface area contributed by atoms with Crippen LogP contribution in [0.15, 0.2) is 23.1 Å². The molecule has 0 spiro atoms. The molecule has 0 aliphatic carbocycles. The first-order valence-electron chi connectivity index (χ1n) is 5.62. The minimum atomic E-state index is -2.23. The van der Waals surface area contributed by atoms with Crippen LogP contribution in [-0.2, 0) is 40.3 Å². The normalized spacial score (nSPS) is 11.2. The summed E-state index contributed by atoms with van der Waals surface area (Å²) in [6.45, 7) is 4.96. The van der Waals surface area contributed by atoms with E-state index in [-0.39, 0.29) is 19.5 Å². The Hall–Kier alpha value is 1.69. The van der Waals surface area contributed by atoms with Gasteiger partial charge in [0.1, 0.15) is 0 Å². The SMILES string of the molecule is CCOP(=S)(OCC)SCSc1cc(Cl)ccc1Cl.[Ru]. The van der Waals surface area contributed by atoms with Gasteiger partial charge in [-0.05, 0) is 43.9 Å². The third kappa shape index (κ3) is 7.81. The molecule has 116 valence electrons. The maximum atomic E-state index is 6.10. The molecule has 0 N–H and O–H groups in total. The van der Waals surface area contributed by atoms with E-state index in [2.05, 4.69) is 0 Å².